The number of aliphatic hydroxyl groups excluding tert-OH is 2. The topological polar surface area (TPSA) is 172 Å². The second-order valence-electron chi connectivity index (χ2n) is 13.8. The van der Waals surface area contributed by atoms with Gasteiger partial charge >= 0.3 is 0 Å². The number of rotatable bonds is 5. The Kier molecular flexibility index (Phi) is 7.17. The van der Waals surface area contributed by atoms with E-state index in [0.29, 0.717) is 28.1 Å². The van der Waals surface area contributed by atoms with Crippen LogP contribution in [0.3, 0.4) is 0 Å². The van der Waals surface area contributed by atoms with Gasteiger partial charge in [-0.2, -0.15) is 0 Å². The van der Waals surface area contributed by atoms with Crippen LogP contribution in [0.2, 0.25) is 0 Å². The first-order valence-electron chi connectivity index (χ1n) is 15.5. The molecule has 0 saturated heterocycles. The molecular formula is C34H36FN5O7. The molecule has 5 heterocycles. The maximum Gasteiger partial charge on any atom is 0.249 e. The highest BCUT2D eigenvalue weighted by Crippen LogP contribution is 2.59. The number of hydrogen-bond acceptors (Lipinski definition) is 10. The van der Waals surface area contributed by atoms with E-state index in [2.05, 4.69) is 20.9 Å². The van der Waals surface area contributed by atoms with Gasteiger partial charge in [0.15, 0.2) is 17.7 Å². The van der Waals surface area contributed by atoms with Crippen molar-refractivity contribution in [2.45, 2.75) is 77.5 Å². The summed E-state index contributed by atoms with van der Waals surface area (Å²) in [5.41, 5.74) is 0.952. The van der Waals surface area contributed by atoms with Gasteiger partial charge in [0.2, 0.25) is 23.6 Å². The second kappa shape index (κ2) is 10.9. The van der Waals surface area contributed by atoms with E-state index in [-0.39, 0.29) is 47.9 Å². The Bertz CT molecular complexity index is 1900. The fraction of sp³-hybridized carbons (Fsp3) is 0.412. The Labute approximate surface area is 269 Å². The van der Waals surface area contributed by atoms with Gasteiger partial charge < -0.3 is 39.7 Å². The van der Waals surface area contributed by atoms with Gasteiger partial charge in [-0.3, -0.25) is 9.59 Å². The molecule has 3 aliphatic heterocycles. The molecule has 12 nitrogen and oxygen atoms in total. The summed E-state index contributed by atoms with van der Waals surface area (Å²) in [5.74, 6) is -1.09. The van der Waals surface area contributed by atoms with E-state index in [9.17, 15) is 19.8 Å². The van der Waals surface area contributed by atoms with Crippen LogP contribution < -0.4 is 20.7 Å². The van der Waals surface area contributed by atoms with Crippen molar-refractivity contribution in [2.75, 3.05) is 5.32 Å². The normalized spacial score (nSPS) is 23.5. The van der Waals surface area contributed by atoms with Crippen LogP contribution in [0.5, 0.6) is 5.75 Å². The minimum atomic E-state index is -1.32. The highest BCUT2D eigenvalue weighted by Gasteiger charge is 2.61. The van der Waals surface area contributed by atoms with E-state index in [1.807, 2.05) is 26.8 Å². The number of aliphatic hydroxyl groups is 2. The van der Waals surface area contributed by atoms with E-state index in [1.54, 1.807) is 32.0 Å². The van der Waals surface area contributed by atoms with Crippen LogP contribution in [0.1, 0.15) is 74.7 Å². The molecule has 2 aromatic carbocycles. The molecular weight excluding hydrogens is 609 g/mol. The number of hydrogen-bond donors (Lipinski definition) is 5. The number of nitrogens with one attached hydrogen (secondary N) is 3. The zero-order valence-corrected chi connectivity index (χ0v) is 26.6. The predicted molar refractivity (Wildman–Crippen MR) is 166 cm³/mol. The lowest BCUT2D eigenvalue weighted by atomic mass is 9.72. The summed E-state index contributed by atoms with van der Waals surface area (Å²) in [6, 6.07) is 7.93. The fourth-order valence-electron chi connectivity index (χ4n) is 6.63. The molecule has 5 atom stereocenters. The first-order chi connectivity index (χ1) is 22.3. The smallest absolute Gasteiger partial charge is 0.249 e. The van der Waals surface area contributed by atoms with Crippen molar-refractivity contribution < 1.29 is 37.8 Å². The Morgan fingerprint density at radius 2 is 1.94 bits per heavy atom. The molecule has 2 amide bonds. The van der Waals surface area contributed by atoms with Gasteiger partial charge in [0.1, 0.15) is 47.1 Å². The number of nitrogens with zero attached hydrogens (tertiary/aromatic N) is 2. The minimum Gasteiger partial charge on any atom is -0.469 e. The molecule has 0 radical (unpaired) electrons. The number of aromatic nitrogens is 2. The van der Waals surface area contributed by atoms with E-state index in [4.69, 9.17) is 18.6 Å². The third-order valence-electron chi connectivity index (χ3n) is 9.09. The molecule has 246 valence electrons. The average Bonchev–Trinajstić information content (AvgIpc) is 3.79. The maximum absolute atomic E-state index is 15.1. The second-order valence-corrected chi connectivity index (χ2v) is 13.8. The van der Waals surface area contributed by atoms with Crippen LogP contribution in [0.15, 0.2) is 51.5 Å². The SMILES string of the molecule is CC(C)C(O)C(=O)NC1Cc2ccc3c(c2)C2(c4cc(F)ccc4NC2O3)c2oc(nc2-c2nc(CO)co2)C(C(C)(C)C)NC1=O. The number of oxazole rings is 2. The number of carbonyl (C=O) groups is 2. The Hall–Kier alpha value is -4.75. The molecule has 13 heteroatoms. The van der Waals surface area contributed by atoms with Gasteiger partial charge in [-0.25, -0.2) is 14.4 Å². The summed E-state index contributed by atoms with van der Waals surface area (Å²) >= 11 is 0. The van der Waals surface area contributed by atoms with Crippen LogP contribution in [0, 0.1) is 17.2 Å². The summed E-state index contributed by atoms with van der Waals surface area (Å²) in [5, 5.41) is 29.4. The van der Waals surface area contributed by atoms with Crippen molar-refractivity contribution >= 4 is 17.5 Å². The zero-order valence-electron chi connectivity index (χ0n) is 26.6. The molecule has 7 rings (SSSR count). The maximum atomic E-state index is 15.1. The molecule has 47 heavy (non-hydrogen) atoms. The minimum absolute atomic E-state index is 0.0586. The summed E-state index contributed by atoms with van der Waals surface area (Å²) in [6.07, 6.45) is -0.720. The van der Waals surface area contributed by atoms with Crippen LogP contribution in [0.4, 0.5) is 10.1 Å². The molecule has 4 aromatic rings. The van der Waals surface area contributed by atoms with Gasteiger partial charge in [0, 0.05) is 23.2 Å². The van der Waals surface area contributed by atoms with Crippen molar-refractivity contribution in [2.24, 2.45) is 11.3 Å². The molecule has 1 spiro atoms. The molecule has 5 N–H and O–H groups in total. The summed E-state index contributed by atoms with van der Waals surface area (Å²) in [4.78, 5) is 36.4. The highest BCUT2D eigenvalue weighted by molar-refractivity contribution is 5.90. The van der Waals surface area contributed by atoms with Crippen molar-refractivity contribution in [3.63, 3.8) is 0 Å². The lowest BCUT2D eigenvalue weighted by Crippen LogP contribution is -2.53. The average molecular weight is 646 g/mol. The number of benzene rings is 2. The Balaban J connectivity index is 1.51. The third-order valence-corrected chi connectivity index (χ3v) is 9.09. The molecule has 0 saturated carbocycles. The number of halogens is 1. The van der Waals surface area contributed by atoms with Crippen molar-refractivity contribution in [3.05, 3.63) is 82.5 Å². The number of anilines is 1. The fourth-order valence-corrected chi connectivity index (χ4v) is 6.63. The number of amides is 2. The first kappa shape index (κ1) is 30.9. The van der Waals surface area contributed by atoms with Gasteiger partial charge in [-0.1, -0.05) is 46.8 Å². The standard InChI is InChI=1S/C34H36FN5O7/c1-15(2)25(42)29(44)37-22-11-16-6-9-23-20(10-16)34(19-12-17(35)7-8-21(19)38-32(34)46-23)27-24(30-36-18(13-41)14-45-30)39-31(47-27)26(33(3,4)5)40-28(22)43/h6-10,12,14-15,22,25-26,32,38,41-42H,11,13H2,1-5H3,(H,37,44)(H,40,43). The van der Waals surface area contributed by atoms with E-state index in [0.717, 1.165) is 0 Å². The van der Waals surface area contributed by atoms with Crippen molar-refractivity contribution in [1.82, 2.24) is 20.6 Å². The third kappa shape index (κ3) is 4.87. The Morgan fingerprint density at radius 1 is 1.15 bits per heavy atom. The Morgan fingerprint density at radius 3 is 2.64 bits per heavy atom. The largest absolute Gasteiger partial charge is 0.469 e. The zero-order chi connectivity index (χ0) is 33.4. The van der Waals surface area contributed by atoms with Crippen molar-refractivity contribution in [3.8, 4) is 17.3 Å². The molecule has 0 fully saturated rings. The number of ether oxygens (including phenoxy) is 1. The lowest BCUT2D eigenvalue weighted by Gasteiger charge is -2.32. The molecule has 0 aliphatic carbocycles. The van der Waals surface area contributed by atoms with Gasteiger partial charge in [-0.05, 0) is 41.2 Å². The van der Waals surface area contributed by atoms with Gasteiger partial charge in [0.05, 0.1) is 6.61 Å². The summed E-state index contributed by atoms with van der Waals surface area (Å²) in [7, 11) is 0. The van der Waals surface area contributed by atoms with Gasteiger partial charge in [0.25, 0.3) is 0 Å². The van der Waals surface area contributed by atoms with Crippen LogP contribution in [-0.2, 0) is 28.0 Å². The van der Waals surface area contributed by atoms with Crippen LogP contribution in [0.25, 0.3) is 11.6 Å². The number of fused-ring (bicyclic) bond motifs is 4. The lowest BCUT2D eigenvalue weighted by molar-refractivity contribution is -0.136. The highest BCUT2D eigenvalue weighted by atomic mass is 19.1. The molecule has 2 aromatic heterocycles. The molecule has 5 unspecified atom stereocenters. The molecule has 4 bridgehead atoms. The monoisotopic (exact) mass is 645 g/mol. The summed E-state index contributed by atoms with van der Waals surface area (Å²) in [6.45, 7) is 8.76. The molecule has 3 aliphatic rings. The van der Waals surface area contributed by atoms with Crippen LogP contribution in [-0.4, -0.2) is 50.4 Å². The number of carbonyl (C=O) groups excluding carboxylic acids is 2. The van der Waals surface area contributed by atoms with E-state index >= 15 is 4.39 Å². The quantitative estimate of drug-likeness (QED) is 0.216. The van der Waals surface area contributed by atoms with Crippen molar-refractivity contribution in [1.29, 1.82) is 0 Å². The van der Waals surface area contributed by atoms with E-state index in [1.165, 1.54) is 18.4 Å². The van der Waals surface area contributed by atoms with Gasteiger partial charge in [-0.15, -0.1) is 0 Å². The first-order valence-corrected chi connectivity index (χ1v) is 15.5. The predicted octanol–water partition coefficient (Wildman–Crippen LogP) is 3.70. The summed E-state index contributed by atoms with van der Waals surface area (Å²) < 4.78 is 34.1. The van der Waals surface area contributed by atoms with E-state index < -0.39 is 52.9 Å². The van der Waals surface area contributed by atoms with Crippen LogP contribution >= 0.6 is 0 Å².